The Morgan fingerprint density at radius 1 is 1.53 bits per heavy atom. The molecule has 1 heterocycles. The molecule has 1 aliphatic carbocycles. The molecule has 0 radical (unpaired) electrons. The fraction of sp³-hybridized carbons (Fsp3) is 0.500. The van der Waals surface area contributed by atoms with Crippen molar-refractivity contribution in [2.75, 3.05) is 11.1 Å². The van der Waals surface area contributed by atoms with Crippen LogP contribution in [0.15, 0.2) is 6.07 Å². The number of halogens is 2. The summed E-state index contributed by atoms with van der Waals surface area (Å²) in [7, 11) is 0. The lowest BCUT2D eigenvalue weighted by Gasteiger charge is -2.08. The molecule has 1 aliphatic rings. The van der Waals surface area contributed by atoms with Crippen molar-refractivity contribution in [3.05, 3.63) is 16.1 Å². The van der Waals surface area contributed by atoms with E-state index in [-0.39, 0.29) is 0 Å². The van der Waals surface area contributed by atoms with Crippen molar-refractivity contribution in [3.8, 4) is 0 Å². The van der Waals surface area contributed by atoms with Gasteiger partial charge in [0.1, 0.15) is 11.6 Å². The van der Waals surface area contributed by atoms with Crippen LogP contribution in [0.3, 0.4) is 0 Å². The van der Waals surface area contributed by atoms with Gasteiger partial charge in [0.15, 0.2) is 0 Å². The molecule has 0 aliphatic heterocycles. The van der Waals surface area contributed by atoms with E-state index in [4.69, 9.17) is 28.9 Å². The third kappa shape index (κ3) is 2.29. The van der Waals surface area contributed by atoms with E-state index in [2.05, 4.69) is 17.2 Å². The fourth-order valence-electron chi connectivity index (χ4n) is 1.63. The molecule has 15 heavy (non-hydrogen) atoms. The topological polar surface area (TPSA) is 50.9 Å². The van der Waals surface area contributed by atoms with Gasteiger partial charge in [-0.2, -0.15) is 0 Å². The predicted octanol–water partition coefficient (Wildman–Crippen LogP) is 3.18. The van der Waals surface area contributed by atoms with Crippen LogP contribution in [0, 0.1) is 5.92 Å². The highest BCUT2D eigenvalue weighted by atomic mass is 35.5. The van der Waals surface area contributed by atoms with E-state index in [1.807, 2.05) is 0 Å². The molecule has 3 nitrogen and oxygen atoms in total. The van der Waals surface area contributed by atoms with Crippen molar-refractivity contribution in [1.29, 1.82) is 0 Å². The van der Waals surface area contributed by atoms with Gasteiger partial charge >= 0.3 is 0 Å². The Bertz CT molecular complexity index is 381. The van der Waals surface area contributed by atoms with Crippen molar-refractivity contribution in [2.24, 2.45) is 5.92 Å². The van der Waals surface area contributed by atoms with E-state index in [0.29, 0.717) is 27.7 Å². The summed E-state index contributed by atoms with van der Waals surface area (Å²) in [6.07, 6.45) is 2.36. The molecule has 0 spiro atoms. The van der Waals surface area contributed by atoms with E-state index >= 15 is 0 Å². The molecule has 0 bridgehead atoms. The minimum absolute atomic E-state index is 0.317. The summed E-state index contributed by atoms with van der Waals surface area (Å²) in [4.78, 5) is 4.12. The summed E-state index contributed by atoms with van der Waals surface area (Å²) in [6, 6.07) is 2.11. The molecule has 1 aromatic heterocycles. The van der Waals surface area contributed by atoms with E-state index in [1.165, 1.54) is 12.8 Å². The molecule has 1 saturated carbocycles. The molecule has 2 atom stereocenters. The second-order valence-corrected chi connectivity index (χ2v) is 4.66. The zero-order valence-electron chi connectivity index (χ0n) is 8.43. The van der Waals surface area contributed by atoms with Crippen molar-refractivity contribution in [2.45, 2.75) is 25.8 Å². The maximum absolute atomic E-state index is 6.00. The lowest BCUT2D eigenvalue weighted by molar-refractivity contribution is 0.773. The number of hydrogen-bond donors (Lipinski definition) is 2. The molecule has 2 unspecified atom stereocenters. The Labute approximate surface area is 99.0 Å². The molecule has 3 N–H and O–H groups in total. The second kappa shape index (κ2) is 4.06. The van der Waals surface area contributed by atoms with Gasteiger partial charge in [0.25, 0.3) is 0 Å². The largest absolute Gasteiger partial charge is 0.382 e. The van der Waals surface area contributed by atoms with Crippen LogP contribution in [0.4, 0.5) is 11.6 Å². The summed E-state index contributed by atoms with van der Waals surface area (Å²) in [6.45, 7) is 2.18. The Hall–Kier alpha value is -0.670. The molecule has 5 heteroatoms. The van der Waals surface area contributed by atoms with Gasteiger partial charge in [0, 0.05) is 6.04 Å². The van der Waals surface area contributed by atoms with Gasteiger partial charge in [-0.05, 0) is 18.4 Å². The van der Waals surface area contributed by atoms with Crippen LogP contribution in [0.1, 0.15) is 19.8 Å². The number of aromatic nitrogens is 1. The average molecular weight is 246 g/mol. The van der Waals surface area contributed by atoms with Crippen molar-refractivity contribution in [3.63, 3.8) is 0 Å². The van der Waals surface area contributed by atoms with Crippen LogP contribution >= 0.6 is 23.2 Å². The van der Waals surface area contributed by atoms with Crippen LogP contribution in [-0.2, 0) is 0 Å². The molecule has 0 aromatic carbocycles. The summed E-state index contributed by atoms with van der Waals surface area (Å²) in [5.74, 6) is 1.69. The van der Waals surface area contributed by atoms with Gasteiger partial charge in [-0.3, -0.25) is 0 Å². The van der Waals surface area contributed by atoms with E-state index in [0.717, 1.165) is 5.92 Å². The molecular weight excluding hydrogens is 233 g/mol. The van der Waals surface area contributed by atoms with Gasteiger partial charge < -0.3 is 11.1 Å². The molecular formula is C10H13Cl2N3. The summed E-state index contributed by atoms with van der Waals surface area (Å²) >= 11 is 11.8. The third-order valence-electron chi connectivity index (χ3n) is 2.73. The highest BCUT2D eigenvalue weighted by Crippen LogP contribution is 2.38. The zero-order valence-corrected chi connectivity index (χ0v) is 9.94. The minimum atomic E-state index is 0.317. The number of nitrogens with one attached hydrogen (secondary N) is 1. The smallest absolute Gasteiger partial charge is 0.147 e. The Morgan fingerprint density at radius 2 is 2.27 bits per heavy atom. The number of hydrogen-bond acceptors (Lipinski definition) is 3. The second-order valence-electron chi connectivity index (χ2n) is 3.84. The number of rotatable bonds is 3. The number of anilines is 2. The molecule has 1 aromatic rings. The molecule has 2 rings (SSSR count). The van der Waals surface area contributed by atoms with Crippen LogP contribution < -0.4 is 11.1 Å². The molecule has 1 fully saturated rings. The van der Waals surface area contributed by atoms with Gasteiger partial charge in [-0.1, -0.05) is 36.5 Å². The maximum Gasteiger partial charge on any atom is 0.147 e. The predicted molar refractivity (Wildman–Crippen MR) is 64.5 cm³/mol. The van der Waals surface area contributed by atoms with Gasteiger partial charge in [0.2, 0.25) is 0 Å². The standard InChI is InChI=1S/C10H13Cl2N3/c1-2-5-3-8(5)14-10-7(12)4-6(11)9(13)15-10/h4-5,8H,2-3H2,1H3,(H3,13,14,15). The lowest BCUT2D eigenvalue weighted by Crippen LogP contribution is -2.07. The fourth-order valence-corrected chi connectivity index (χ4v) is 2.05. The first-order chi connectivity index (χ1) is 7.11. The van der Waals surface area contributed by atoms with Crippen LogP contribution in [0.5, 0.6) is 0 Å². The maximum atomic E-state index is 6.00. The van der Waals surface area contributed by atoms with E-state index in [1.54, 1.807) is 6.07 Å². The van der Waals surface area contributed by atoms with E-state index < -0.39 is 0 Å². The lowest BCUT2D eigenvalue weighted by atomic mass is 10.3. The monoisotopic (exact) mass is 245 g/mol. The third-order valence-corrected chi connectivity index (χ3v) is 3.32. The number of nitrogens with zero attached hydrogens (tertiary/aromatic N) is 1. The van der Waals surface area contributed by atoms with Gasteiger partial charge in [-0.15, -0.1) is 0 Å². The van der Waals surface area contributed by atoms with Crippen LogP contribution in [-0.4, -0.2) is 11.0 Å². The quantitative estimate of drug-likeness (QED) is 0.861. The SMILES string of the molecule is CCC1CC1Nc1nc(N)c(Cl)cc1Cl. The molecule has 0 amide bonds. The Kier molecular flexibility index (Phi) is 2.94. The first kappa shape index (κ1) is 10.8. The molecule has 0 saturated heterocycles. The average Bonchev–Trinajstić information content (AvgIpc) is 2.93. The summed E-state index contributed by atoms with van der Waals surface area (Å²) in [5.41, 5.74) is 5.61. The highest BCUT2D eigenvalue weighted by molar-refractivity contribution is 6.37. The normalized spacial score (nSPS) is 23.9. The first-order valence-electron chi connectivity index (χ1n) is 5.00. The highest BCUT2D eigenvalue weighted by Gasteiger charge is 2.35. The van der Waals surface area contributed by atoms with Gasteiger partial charge in [-0.25, -0.2) is 4.98 Å². The summed E-state index contributed by atoms with van der Waals surface area (Å²) in [5, 5.41) is 4.19. The first-order valence-corrected chi connectivity index (χ1v) is 5.75. The molecule has 82 valence electrons. The van der Waals surface area contributed by atoms with E-state index in [9.17, 15) is 0 Å². The van der Waals surface area contributed by atoms with Crippen LogP contribution in [0.25, 0.3) is 0 Å². The Morgan fingerprint density at radius 3 is 2.87 bits per heavy atom. The van der Waals surface area contributed by atoms with Gasteiger partial charge in [0.05, 0.1) is 10.0 Å². The van der Waals surface area contributed by atoms with Crippen molar-refractivity contribution >= 4 is 34.8 Å². The number of nitrogen functional groups attached to an aromatic ring is 1. The number of pyridine rings is 1. The Balaban J connectivity index is 2.12. The zero-order chi connectivity index (χ0) is 11.0. The minimum Gasteiger partial charge on any atom is -0.382 e. The number of nitrogens with two attached hydrogens (primary N) is 1. The van der Waals surface area contributed by atoms with Crippen molar-refractivity contribution in [1.82, 2.24) is 4.98 Å². The van der Waals surface area contributed by atoms with Crippen molar-refractivity contribution < 1.29 is 0 Å². The summed E-state index contributed by atoms with van der Waals surface area (Å²) < 4.78 is 0. The van der Waals surface area contributed by atoms with Crippen LogP contribution in [0.2, 0.25) is 10.0 Å².